The Hall–Kier alpha value is -2.51. The molecule has 0 spiro atoms. The molecule has 1 aromatic carbocycles. The molecule has 6 nitrogen and oxygen atoms in total. The van der Waals surface area contributed by atoms with Gasteiger partial charge in [-0.05, 0) is 25.1 Å². The highest BCUT2D eigenvalue weighted by atomic mass is 32.1. The lowest BCUT2D eigenvalue weighted by molar-refractivity contribution is 0.122. The summed E-state index contributed by atoms with van der Waals surface area (Å²) in [6.45, 7) is 5.31. The Morgan fingerprint density at radius 1 is 1.08 bits per heavy atom. The average Bonchev–Trinajstić information content (AvgIpc) is 3.05. The summed E-state index contributed by atoms with van der Waals surface area (Å²) in [6.07, 6.45) is 1.78. The summed E-state index contributed by atoms with van der Waals surface area (Å²) >= 11 is 1.68. The molecule has 1 fully saturated rings. The van der Waals surface area contributed by atoms with Gasteiger partial charge in [-0.1, -0.05) is 29.5 Å². The van der Waals surface area contributed by atoms with Gasteiger partial charge in [0.2, 0.25) is 5.95 Å². The predicted molar refractivity (Wildman–Crippen MR) is 101 cm³/mol. The molecule has 2 aromatic heterocycles. The van der Waals surface area contributed by atoms with Crippen LogP contribution in [0.2, 0.25) is 0 Å². The highest BCUT2D eigenvalue weighted by molar-refractivity contribution is 7.19. The lowest BCUT2D eigenvalue weighted by Gasteiger charge is -2.26. The maximum Gasteiger partial charge on any atom is 0.227 e. The van der Waals surface area contributed by atoms with Crippen LogP contribution in [0.5, 0.6) is 0 Å². The van der Waals surface area contributed by atoms with Gasteiger partial charge in [0.25, 0.3) is 0 Å². The molecule has 25 heavy (non-hydrogen) atoms. The van der Waals surface area contributed by atoms with Crippen molar-refractivity contribution in [3.63, 3.8) is 0 Å². The topological polar surface area (TPSA) is 63.2 Å². The quantitative estimate of drug-likeness (QED) is 0.775. The van der Waals surface area contributed by atoms with Gasteiger partial charge in [-0.2, -0.15) is 0 Å². The molecule has 1 N–H and O–H groups in total. The highest BCUT2D eigenvalue weighted by Crippen LogP contribution is 2.34. The summed E-state index contributed by atoms with van der Waals surface area (Å²) in [5.74, 6) is 0.587. The van der Waals surface area contributed by atoms with Gasteiger partial charge in [0.05, 0.1) is 29.5 Å². The van der Waals surface area contributed by atoms with E-state index in [1.54, 1.807) is 17.5 Å². The third kappa shape index (κ3) is 3.62. The summed E-state index contributed by atoms with van der Waals surface area (Å²) in [4.78, 5) is 17.1. The molecule has 3 aromatic rings. The zero-order chi connectivity index (χ0) is 17.1. The van der Waals surface area contributed by atoms with Crippen LogP contribution in [-0.4, -0.2) is 41.3 Å². The standard InChI is InChI=1S/C18H19N5OS/c1-13-16(25-18(20-13)23-9-11-24-12-10-23)15-7-8-19-17(22-15)21-14-5-3-2-4-6-14/h2-8H,9-12H2,1H3,(H,19,21,22). The van der Waals surface area contributed by atoms with Crippen LogP contribution in [0.15, 0.2) is 42.6 Å². The van der Waals surface area contributed by atoms with E-state index in [0.29, 0.717) is 5.95 Å². The summed E-state index contributed by atoms with van der Waals surface area (Å²) in [5, 5.41) is 4.27. The van der Waals surface area contributed by atoms with Gasteiger partial charge >= 0.3 is 0 Å². The van der Waals surface area contributed by atoms with Gasteiger partial charge in [-0.25, -0.2) is 15.0 Å². The Balaban J connectivity index is 1.59. The molecule has 0 aliphatic carbocycles. The van der Waals surface area contributed by atoms with Crippen molar-refractivity contribution in [1.29, 1.82) is 0 Å². The molecule has 1 aliphatic heterocycles. The van der Waals surface area contributed by atoms with E-state index in [1.807, 2.05) is 43.3 Å². The first-order valence-electron chi connectivity index (χ1n) is 8.25. The Labute approximate surface area is 150 Å². The van der Waals surface area contributed by atoms with E-state index in [-0.39, 0.29) is 0 Å². The van der Waals surface area contributed by atoms with Crippen molar-refractivity contribution in [3.05, 3.63) is 48.3 Å². The van der Waals surface area contributed by atoms with Gasteiger partial charge < -0.3 is 15.0 Å². The van der Waals surface area contributed by atoms with E-state index in [4.69, 9.17) is 9.72 Å². The molecule has 3 heterocycles. The van der Waals surface area contributed by atoms with E-state index in [0.717, 1.165) is 53.4 Å². The molecule has 0 unspecified atom stereocenters. The first-order valence-corrected chi connectivity index (χ1v) is 9.07. The van der Waals surface area contributed by atoms with Crippen LogP contribution in [-0.2, 0) is 4.74 Å². The molecule has 0 bridgehead atoms. The number of nitrogens with zero attached hydrogens (tertiary/aromatic N) is 4. The minimum absolute atomic E-state index is 0.587. The van der Waals surface area contributed by atoms with Crippen molar-refractivity contribution in [3.8, 4) is 10.6 Å². The Bertz CT molecular complexity index is 846. The fourth-order valence-electron chi connectivity index (χ4n) is 2.71. The first-order chi connectivity index (χ1) is 12.3. The molecule has 4 rings (SSSR count). The second-order valence-corrected chi connectivity index (χ2v) is 6.74. The van der Waals surface area contributed by atoms with E-state index in [1.165, 1.54) is 0 Å². The van der Waals surface area contributed by atoms with Crippen molar-refractivity contribution >= 4 is 28.1 Å². The second kappa shape index (κ2) is 7.16. The SMILES string of the molecule is Cc1nc(N2CCOCC2)sc1-c1ccnc(Nc2ccccc2)n1. The third-order valence-corrected chi connectivity index (χ3v) is 5.23. The van der Waals surface area contributed by atoms with E-state index in [9.17, 15) is 0 Å². The lowest BCUT2D eigenvalue weighted by atomic mass is 10.3. The van der Waals surface area contributed by atoms with Crippen LogP contribution in [0.25, 0.3) is 10.6 Å². The predicted octanol–water partition coefficient (Wildman–Crippen LogP) is 3.49. The van der Waals surface area contributed by atoms with Crippen LogP contribution < -0.4 is 10.2 Å². The third-order valence-electron chi connectivity index (χ3n) is 3.99. The number of rotatable bonds is 4. The lowest BCUT2D eigenvalue weighted by Crippen LogP contribution is -2.36. The van der Waals surface area contributed by atoms with Crippen molar-refractivity contribution in [2.24, 2.45) is 0 Å². The fraction of sp³-hybridized carbons (Fsp3) is 0.278. The summed E-state index contributed by atoms with van der Waals surface area (Å²) < 4.78 is 5.42. The number of anilines is 3. The number of aryl methyl sites for hydroxylation is 1. The van der Waals surface area contributed by atoms with Gasteiger partial charge in [0, 0.05) is 25.0 Å². The zero-order valence-electron chi connectivity index (χ0n) is 14.0. The number of aromatic nitrogens is 3. The summed E-state index contributed by atoms with van der Waals surface area (Å²) in [7, 11) is 0. The van der Waals surface area contributed by atoms with Crippen molar-refractivity contribution in [2.75, 3.05) is 36.5 Å². The molecule has 0 radical (unpaired) electrons. The second-order valence-electron chi connectivity index (χ2n) is 5.77. The number of para-hydroxylation sites is 1. The molecule has 0 amide bonds. The van der Waals surface area contributed by atoms with Crippen molar-refractivity contribution in [1.82, 2.24) is 15.0 Å². The molecular weight excluding hydrogens is 334 g/mol. The average molecular weight is 353 g/mol. The van der Waals surface area contributed by atoms with Gasteiger partial charge in [0.15, 0.2) is 5.13 Å². The van der Waals surface area contributed by atoms with Crippen LogP contribution in [0.1, 0.15) is 5.69 Å². The van der Waals surface area contributed by atoms with Crippen molar-refractivity contribution in [2.45, 2.75) is 6.92 Å². The minimum atomic E-state index is 0.587. The van der Waals surface area contributed by atoms with Gasteiger partial charge in [-0.15, -0.1) is 0 Å². The zero-order valence-corrected chi connectivity index (χ0v) is 14.8. The van der Waals surface area contributed by atoms with E-state index >= 15 is 0 Å². The Kier molecular flexibility index (Phi) is 4.58. The molecule has 1 aliphatic rings. The minimum Gasteiger partial charge on any atom is -0.378 e. The number of ether oxygens (including phenoxy) is 1. The number of morpholine rings is 1. The van der Waals surface area contributed by atoms with E-state index in [2.05, 4.69) is 20.2 Å². The number of nitrogens with one attached hydrogen (secondary N) is 1. The smallest absolute Gasteiger partial charge is 0.227 e. The van der Waals surface area contributed by atoms with Crippen LogP contribution in [0.4, 0.5) is 16.8 Å². The van der Waals surface area contributed by atoms with Gasteiger partial charge in [-0.3, -0.25) is 0 Å². The maximum absolute atomic E-state index is 5.42. The van der Waals surface area contributed by atoms with E-state index < -0.39 is 0 Å². The summed E-state index contributed by atoms with van der Waals surface area (Å²) in [5.41, 5.74) is 2.86. The van der Waals surface area contributed by atoms with Gasteiger partial charge in [0.1, 0.15) is 0 Å². The molecule has 0 atom stereocenters. The summed E-state index contributed by atoms with van der Waals surface area (Å²) in [6, 6.07) is 11.9. The van der Waals surface area contributed by atoms with Crippen LogP contribution >= 0.6 is 11.3 Å². The first kappa shape index (κ1) is 16.0. The molecule has 128 valence electrons. The Morgan fingerprint density at radius 3 is 2.68 bits per heavy atom. The normalized spacial score (nSPS) is 14.5. The number of hydrogen-bond donors (Lipinski definition) is 1. The molecule has 1 saturated heterocycles. The maximum atomic E-state index is 5.42. The Morgan fingerprint density at radius 2 is 1.88 bits per heavy atom. The molecule has 7 heteroatoms. The largest absolute Gasteiger partial charge is 0.378 e. The molecular formula is C18H19N5OS. The van der Waals surface area contributed by atoms with Crippen molar-refractivity contribution < 1.29 is 4.74 Å². The number of thiazole rings is 1. The fourth-order valence-corrected chi connectivity index (χ4v) is 3.79. The van der Waals surface area contributed by atoms with Crippen LogP contribution in [0.3, 0.4) is 0 Å². The molecule has 0 saturated carbocycles. The highest BCUT2D eigenvalue weighted by Gasteiger charge is 2.18. The number of hydrogen-bond acceptors (Lipinski definition) is 7. The number of benzene rings is 1. The monoisotopic (exact) mass is 353 g/mol. The van der Waals surface area contributed by atoms with Crippen LogP contribution in [0, 0.1) is 6.92 Å².